The third-order valence-corrected chi connectivity index (χ3v) is 4.13. The van der Waals surface area contributed by atoms with Crippen LogP contribution in [0.1, 0.15) is 30.5 Å². The summed E-state index contributed by atoms with van der Waals surface area (Å²) in [5.74, 6) is 0.0592. The number of rotatable bonds is 6. The molecule has 1 atom stereocenters. The molecule has 0 radical (unpaired) electrons. The van der Waals surface area contributed by atoms with Gasteiger partial charge in [-0.3, -0.25) is 9.59 Å². The summed E-state index contributed by atoms with van der Waals surface area (Å²) in [7, 11) is 1.51. The summed E-state index contributed by atoms with van der Waals surface area (Å²) in [6.07, 6.45) is 0.106. The molecular formula is C19H21ClN2O3. The molecule has 132 valence electrons. The zero-order valence-corrected chi connectivity index (χ0v) is 15.2. The highest BCUT2D eigenvalue weighted by molar-refractivity contribution is 6.31. The quantitative estimate of drug-likeness (QED) is 0.821. The van der Waals surface area contributed by atoms with Crippen molar-refractivity contribution in [2.75, 3.05) is 12.4 Å². The fourth-order valence-corrected chi connectivity index (χ4v) is 2.65. The highest BCUT2D eigenvalue weighted by atomic mass is 35.5. The number of nitrogens with one attached hydrogen (secondary N) is 2. The number of halogens is 1. The first kappa shape index (κ1) is 18.8. The summed E-state index contributed by atoms with van der Waals surface area (Å²) in [5.41, 5.74) is 2.25. The van der Waals surface area contributed by atoms with Crippen LogP contribution >= 0.6 is 11.6 Å². The van der Waals surface area contributed by atoms with Gasteiger partial charge in [0.15, 0.2) is 0 Å². The van der Waals surface area contributed by atoms with Gasteiger partial charge in [-0.25, -0.2) is 0 Å². The first-order chi connectivity index (χ1) is 11.9. The van der Waals surface area contributed by atoms with Crippen molar-refractivity contribution in [3.8, 4) is 5.75 Å². The molecule has 0 saturated heterocycles. The van der Waals surface area contributed by atoms with Gasteiger partial charge in [0, 0.05) is 18.0 Å². The minimum absolute atomic E-state index is 0.106. The van der Waals surface area contributed by atoms with Gasteiger partial charge in [0.1, 0.15) is 5.75 Å². The lowest BCUT2D eigenvalue weighted by molar-refractivity contribution is -0.120. The maximum atomic E-state index is 12.5. The third-order valence-electron chi connectivity index (χ3n) is 3.72. The van der Waals surface area contributed by atoms with E-state index in [1.54, 1.807) is 12.1 Å². The minimum atomic E-state index is -0.405. The summed E-state index contributed by atoms with van der Waals surface area (Å²) >= 11 is 6.08. The van der Waals surface area contributed by atoms with Gasteiger partial charge in [0.25, 0.3) is 0 Å². The van der Waals surface area contributed by atoms with Gasteiger partial charge in [0.2, 0.25) is 11.8 Å². The van der Waals surface area contributed by atoms with Crippen molar-refractivity contribution in [1.82, 2.24) is 5.32 Å². The average molecular weight is 361 g/mol. The second-order valence-corrected chi connectivity index (χ2v) is 6.12. The van der Waals surface area contributed by atoms with Gasteiger partial charge in [0.05, 0.1) is 25.3 Å². The molecule has 2 aromatic rings. The molecule has 2 amide bonds. The molecule has 2 aromatic carbocycles. The van der Waals surface area contributed by atoms with E-state index in [0.717, 1.165) is 11.1 Å². The number of anilines is 1. The third kappa shape index (κ3) is 5.22. The molecule has 6 heteroatoms. The predicted octanol–water partition coefficient (Wildman–Crippen LogP) is 3.86. The van der Waals surface area contributed by atoms with Crippen LogP contribution in [0.3, 0.4) is 0 Å². The Kier molecular flexibility index (Phi) is 6.42. The van der Waals surface area contributed by atoms with Crippen molar-refractivity contribution < 1.29 is 14.3 Å². The van der Waals surface area contributed by atoms with E-state index in [9.17, 15) is 9.59 Å². The Labute approximate surface area is 152 Å². The summed E-state index contributed by atoms with van der Waals surface area (Å²) < 4.78 is 5.27. The fourth-order valence-electron chi connectivity index (χ4n) is 2.50. The summed E-state index contributed by atoms with van der Waals surface area (Å²) in [4.78, 5) is 24.0. The topological polar surface area (TPSA) is 67.4 Å². The Hall–Kier alpha value is -2.53. The zero-order chi connectivity index (χ0) is 18.4. The number of ether oxygens (including phenoxy) is 1. The van der Waals surface area contributed by atoms with E-state index >= 15 is 0 Å². The largest absolute Gasteiger partial charge is 0.495 e. The van der Waals surface area contributed by atoms with Crippen LogP contribution < -0.4 is 15.4 Å². The number of amides is 2. The van der Waals surface area contributed by atoms with Gasteiger partial charge in [-0.2, -0.15) is 0 Å². The Morgan fingerprint density at radius 1 is 1.20 bits per heavy atom. The van der Waals surface area contributed by atoms with E-state index < -0.39 is 6.04 Å². The van der Waals surface area contributed by atoms with E-state index in [1.165, 1.54) is 14.0 Å². The van der Waals surface area contributed by atoms with Crippen molar-refractivity contribution in [2.45, 2.75) is 26.3 Å². The Bertz CT molecular complexity index is 763. The Morgan fingerprint density at radius 2 is 1.88 bits per heavy atom. The zero-order valence-electron chi connectivity index (χ0n) is 14.4. The van der Waals surface area contributed by atoms with E-state index in [-0.39, 0.29) is 18.2 Å². The molecule has 0 heterocycles. The number of hydrogen-bond acceptors (Lipinski definition) is 3. The molecule has 5 nitrogen and oxygen atoms in total. The molecule has 0 bridgehead atoms. The van der Waals surface area contributed by atoms with Crippen LogP contribution in [-0.4, -0.2) is 18.9 Å². The van der Waals surface area contributed by atoms with E-state index in [1.807, 2.05) is 37.3 Å². The van der Waals surface area contributed by atoms with Gasteiger partial charge >= 0.3 is 0 Å². The van der Waals surface area contributed by atoms with Crippen LogP contribution in [0, 0.1) is 6.92 Å². The molecule has 0 spiro atoms. The number of carbonyl (C=O) groups excluding carboxylic acids is 2. The maximum Gasteiger partial charge on any atom is 0.226 e. The van der Waals surface area contributed by atoms with Crippen LogP contribution in [0.25, 0.3) is 0 Å². The molecule has 0 aliphatic rings. The molecule has 0 saturated carbocycles. The normalized spacial score (nSPS) is 11.5. The second-order valence-electron chi connectivity index (χ2n) is 5.72. The lowest BCUT2D eigenvalue weighted by Gasteiger charge is -2.19. The molecule has 0 fully saturated rings. The smallest absolute Gasteiger partial charge is 0.226 e. The van der Waals surface area contributed by atoms with E-state index in [0.29, 0.717) is 16.5 Å². The Morgan fingerprint density at radius 3 is 2.48 bits per heavy atom. The molecule has 0 aliphatic heterocycles. The first-order valence-corrected chi connectivity index (χ1v) is 8.24. The van der Waals surface area contributed by atoms with Crippen molar-refractivity contribution in [3.63, 3.8) is 0 Å². The molecule has 25 heavy (non-hydrogen) atoms. The number of benzene rings is 2. The molecule has 2 rings (SSSR count). The second kappa shape index (κ2) is 8.53. The maximum absolute atomic E-state index is 12.5. The van der Waals surface area contributed by atoms with Gasteiger partial charge in [-0.15, -0.1) is 0 Å². The molecule has 0 aliphatic carbocycles. The van der Waals surface area contributed by atoms with Gasteiger partial charge < -0.3 is 15.4 Å². The van der Waals surface area contributed by atoms with Crippen LogP contribution in [0.5, 0.6) is 5.75 Å². The van der Waals surface area contributed by atoms with Crippen molar-refractivity contribution >= 4 is 29.1 Å². The van der Waals surface area contributed by atoms with Gasteiger partial charge in [-0.1, -0.05) is 41.9 Å². The SMILES string of the molecule is COc1cc(Cl)c(C)cc1NC(=O)CC(NC(C)=O)c1ccccc1. The van der Waals surface area contributed by atoms with Crippen LogP contribution in [-0.2, 0) is 9.59 Å². The number of methoxy groups -OCH3 is 1. The number of carbonyl (C=O) groups is 2. The minimum Gasteiger partial charge on any atom is -0.495 e. The van der Waals surface area contributed by atoms with Crippen molar-refractivity contribution in [3.05, 3.63) is 58.6 Å². The van der Waals surface area contributed by atoms with Crippen LogP contribution in [0.2, 0.25) is 5.02 Å². The fraction of sp³-hybridized carbons (Fsp3) is 0.263. The predicted molar refractivity (Wildman–Crippen MR) is 99.0 cm³/mol. The monoisotopic (exact) mass is 360 g/mol. The van der Waals surface area contributed by atoms with E-state index in [4.69, 9.17) is 16.3 Å². The summed E-state index contributed by atoms with van der Waals surface area (Å²) in [6.45, 7) is 3.28. The van der Waals surface area contributed by atoms with E-state index in [2.05, 4.69) is 10.6 Å². The summed E-state index contributed by atoms with van der Waals surface area (Å²) in [5, 5.41) is 6.20. The summed E-state index contributed by atoms with van der Waals surface area (Å²) in [6, 6.07) is 12.4. The molecule has 2 N–H and O–H groups in total. The van der Waals surface area contributed by atoms with Crippen LogP contribution in [0.4, 0.5) is 5.69 Å². The number of aryl methyl sites for hydroxylation is 1. The van der Waals surface area contributed by atoms with Crippen molar-refractivity contribution in [1.29, 1.82) is 0 Å². The molecule has 1 unspecified atom stereocenters. The number of hydrogen-bond donors (Lipinski definition) is 2. The van der Waals surface area contributed by atoms with Crippen molar-refractivity contribution in [2.24, 2.45) is 0 Å². The molecule has 0 aromatic heterocycles. The lowest BCUT2D eigenvalue weighted by Crippen LogP contribution is -2.29. The molecular weight excluding hydrogens is 340 g/mol. The lowest BCUT2D eigenvalue weighted by atomic mass is 10.0. The van der Waals surface area contributed by atoms with Crippen LogP contribution in [0.15, 0.2) is 42.5 Å². The standard InChI is InChI=1S/C19H21ClN2O3/c1-12-9-17(18(25-3)10-15(12)20)22-19(24)11-16(21-13(2)23)14-7-5-4-6-8-14/h4-10,16H,11H2,1-3H3,(H,21,23)(H,22,24). The first-order valence-electron chi connectivity index (χ1n) is 7.86. The van der Waals surface area contributed by atoms with Gasteiger partial charge in [-0.05, 0) is 24.1 Å². The average Bonchev–Trinajstić information content (AvgIpc) is 2.57. The Balaban J connectivity index is 2.17. The highest BCUT2D eigenvalue weighted by Crippen LogP contribution is 2.31. The highest BCUT2D eigenvalue weighted by Gasteiger charge is 2.18.